The topological polar surface area (TPSA) is 38.9 Å². The molecule has 1 heterocycles. The maximum Gasteiger partial charge on any atom is 0.0702 e. The highest BCUT2D eigenvalue weighted by Crippen LogP contribution is 2.29. The summed E-state index contributed by atoms with van der Waals surface area (Å²) >= 11 is 0. The van der Waals surface area contributed by atoms with Crippen LogP contribution in [0.25, 0.3) is 22.0 Å². The average Bonchev–Trinajstić information content (AvgIpc) is 2.41. The molecule has 2 N–H and O–H groups in total. The molecule has 0 saturated carbocycles. The van der Waals surface area contributed by atoms with Crippen molar-refractivity contribution in [3.05, 3.63) is 60.3 Å². The van der Waals surface area contributed by atoms with Crippen molar-refractivity contribution in [3.8, 4) is 11.1 Å². The molecular formula is C16H14N2. The Kier molecular flexibility index (Phi) is 2.49. The first-order chi connectivity index (χ1) is 8.74. The third-order valence-corrected chi connectivity index (χ3v) is 3.12. The standard InChI is InChI=1S/C16H14N2/c1-11-4-6-15(17)14(9-11)12-5-7-16-13(10-12)3-2-8-18-16/h2-10H,17H2,1H3. The maximum atomic E-state index is 6.05. The highest BCUT2D eigenvalue weighted by molar-refractivity contribution is 5.87. The number of anilines is 1. The number of aryl methyl sites for hydroxylation is 1. The largest absolute Gasteiger partial charge is 0.398 e. The van der Waals surface area contributed by atoms with Gasteiger partial charge in [-0.05, 0) is 42.8 Å². The van der Waals surface area contributed by atoms with E-state index < -0.39 is 0 Å². The molecule has 0 atom stereocenters. The minimum Gasteiger partial charge on any atom is -0.398 e. The SMILES string of the molecule is Cc1ccc(N)c(-c2ccc3ncccc3c2)c1. The quantitative estimate of drug-likeness (QED) is 0.650. The van der Waals surface area contributed by atoms with Crippen LogP contribution in [0.1, 0.15) is 5.56 Å². The zero-order valence-corrected chi connectivity index (χ0v) is 10.2. The first-order valence-electron chi connectivity index (χ1n) is 5.95. The van der Waals surface area contributed by atoms with E-state index in [1.54, 1.807) is 0 Å². The fraction of sp³-hybridized carbons (Fsp3) is 0.0625. The van der Waals surface area contributed by atoms with Crippen LogP contribution in [0.2, 0.25) is 0 Å². The number of hydrogen-bond donors (Lipinski definition) is 1. The lowest BCUT2D eigenvalue weighted by atomic mass is 10.00. The van der Waals surface area contributed by atoms with Gasteiger partial charge in [0.2, 0.25) is 0 Å². The molecule has 1 aromatic heterocycles. The number of benzene rings is 2. The van der Waals surface area contributed by atoms with Crippen LogP contribution < -0.4 is 5.73 Å². The van der Waals surface area contributed by atoms with Crippen molar-refractivity contribution in [2.75, 3.05) is 5.73 Å². The van der Waals surface area contributed by atoms with E-state index in [2.05, 4.69) is 36.2 Å². The number of nitrogens with two attached hydrogens (primary N) is 1. The third-order valence-electron chi connectivity index (χ3n) is 3.12. The normalized spacial score (nSPS) is 10.7. The summed E-state index contributed by atoms with van der Waals surface area (Å²) < 4.78 is 0. The first-order valence-corrected chi connectivity index (χ1v) is 5.95. The van der Waals surface area contributed by atoms with Crippen molar-refractivity contribution < 1.29 is 0 Å². The minimum atomic E-state index is 0.809. The van der Waals surface area contributed by atoms with E-state index in [-0.39, 0.29) is 0 Å². The smallest absolute Gasteiger partial charge is 0.0702 e. The molecule has 2 aromatic carbocycles. The number of nitrogens with zero attached hydrogens (tertiary/aromatic N) is 1. The molecule has 88 valence electrons. The minimum absolute atomic E-state index is 0.809. The molecule has 0 spiro atoms. The lowest BCUT2D eigenvalue weighted by Gasteiger charge is -2.08. The van der Waals surface area contributed by atoms with Gasteiger partial charge in [-0.25, -0.2) is 0 Å². The van der Waals surface area contributed by atoms with Crippen molar-refractivity contribution in [3.63, 3.8) is 0 Å². The molecule has 0 saturated heterocycles. The summed E-state index contributed by atoms with van der Waals surface area (Å²) in [4.78, 5) is 4.32. The summed E-state index contributed by atoms with van der Waals surface area (Å²) in [7, 11) is 0. The van der Waals surface area contributed by atoms with Crippen molar-refractivity contribution in [2.45, 2.75) is 6.92 Å². The molecule has 2 nitrogen and oxygen atoms in total. The van der Waals surface area contributed by atoms with Gasteiger partial charge in [-0.15, -0.1) is 0 Å². The number of rotatable bonds is 1. The van der Waals surface area contributed by atoms with Crippen molar-refractivity contribution in [1.82, 2.24) is 4.98 Å². The van der Waals surface area contributed by atoms with E-state index in [0.717, 1.165) is 27.7 Å². The fourth-order valence-electron chi connectivity index (χ4n) is 2.16. The second-order valence-corrected chi connectivity index (χ2v) is 4.50. The van der Waals surface area contributed by atoms with Gasteiger partial charge < -0.3 is 5.73 Å². The highest BCUT2D eigenvalue weighted by Gasteiger charge is 2.04. The van der Waals surface area contributed by atoms with Crippen LogP contribution in [0.3, 0.4) is 0 Å². The third kappa shape index (κ3) is 1.82. The predicted molar refractivity (Wildman–Crippen MR) is 76.3 cm³/mol. The number of hydrogen-bond acceptors (Lipinski definition) is 2. The monoisotopic (exact) mass is 234 g/mol. The summed E-state index contributed by atoms with van der Waals surface area (Å²) in [6.45, 7) is 2.07. The molecule has 0 fully saturated rings. The Morgan fingerprint density at radius 2 is 1.89 bits per heavy atom. The summed E-state index contributed by atoms with van der Waals surface area (Å²) in [6, 6.07) is 16.4. The Morgan fingerprint density at radius 1 is 1.00 bits per heavy atom. The van der Waals surface area contributed by atoms with Crippen LogP contribution in [0.15, 0.2) is 54.7 Å². The van der Waals surface area contributed by atoms with Gasteiger partial charge >= 0.3 is 0 Å². The molecule has 0 amide bonds. The zero-order valence-electron chi connectivity index (χ0n) is 10.2. The van der Waals surface area contributed by atoms with E-state index in [0.29, 0.717) is 0 Å². The molecule has 0 aliphatic rings. The van der Waals surface area contributed by atoms with E-state index in [4.69, 9.17) is 5.73 Å². The molecule has 0 radical (unpaired) electrons. The van der Waals surface area contributed by atoms with E-state index in [9.17, 15) is 0 Å². The van der Waals surface area contributed by atoms with Gasteiger partial charge in [-0.1, -0.05) is 23.8 Å². The Morgan fingerprint density at radius 3 is 2.78 bits per heavy atom. The van der Waals surface area contributed by atoms with Crippen LogP contribution in [0.5, 0.6) is 0 Å². The Labute approximate surface area is 106 Å². The number of nitrogen functional groups attached to an aromatic ring is 1. The van der Waals surface area contributed by atoms with Crippen LogP contribution in [-0.4, -0.2) is 4.98 Å². The molecule has 2 heteroatoms. The molecular weight excluding hydrogens is 220 g/mol. The van der Waals surface area contributed by atoms with Crippen molar-refractivity contribution in [1.29, 1.82) is 0 Å². The van der Waals surface area contributed by atoms with E-state index in [1.165, 1.54) is 5.56 Å². The summed E-state index contributed by atoms with van der Waals surface area (Å²) in [6.07, 6.45) is 1.81. The molecule has 0 bridgehead atoms. The van der Waals surface area contributed by atoms with Gasteiger partial charge in [-0.2, -0.15) is 0 Å². The van der Waals surface area contributed by atoms with Crippen molar-refractivity contribution in [2.24, 2.45) is 0 Å². The van der Waals surface area contributed by atoms with Crippen LogP contribution >= 0.6 is 0 Å². The van der Waals surface area contributed by atoms with E-state index >= 15 is 0 Å². The average molecular weight is 234 g/mol. The maximum absolute atomic E-state index is 6.05. The molecule has 3 aromatic rings. The predicted octanol–water partition coefficient (Wildman–Crippen LogP) is 3.79. The summed E-state index contributed by atoms with van der Waals surface area (Å²) in [5, 5.41) is 1.14. The van der Waals surface area contributed by atoms with Gasteiger partial charge in [0.15, 0.2) is 0 Å². The molecule has 0 aliphatic carbocycles. The van der Waals surface area contributed by atoms with Crippen LogP contribution in [-0.2, 0) is 0 Å². The van der Waals surface area contributed by atoms with Crippen molar-refractivity contribution >= 4 is 16.6 Å². The highest BCUT2D eigenvalue weighted by atomic mass is 14.6. The van der Waals surface area contributed by atoms with E-state index in [1.807, 2.05) is 30.5 Å². The summed E-state index contributed by atoms with van der Waals surface area (Å²) in [5.41, 5.74) is 11.3. The van der Waals surface area contributed by atoms with Gasteiger partial charge in [0.25, 0.3) is 0 Å². The summed E-state index contributed by atoms with van der Waals surface area (Å²) in [5.74, 6) is 0. The van der Waals surface area contributed by atoms with Crippen LogP contribution in [0.4, 0.5) is 5.69 Å². The Balaban J connectivity index is 2.22. The Bertz CT molecular complexity index is 717. The second kappa shape index (κ2) is 4.15. The number of fused-ring (bicyclic) bond motifs is 1. The molecule has 0 aliphatic heterocycles. The lowest BCUT2D eigenvalue weighted by Crippen LogP contribution is -1.91. The van der Waals surface area contributed by atoms with Crippen LogP contribution in [0, 0.1) is 6.92 Å². The Hall–Kier alpha value is -2.35. The number of pyridine rings is 1. The lowest BCUT2D eigenvalue weighted by molar-refractivity contribution is 1.41. The zero-order chi connectivity index (χ0) is 12.5. The van der Waals surface area contributed by atoms with Gasteiger partial charge in [0.1, 0.15) is 0 Å². The van der Waals surface area contributed by atoms with Gasteiger partial charge in [0, 0.05) is 22.8 Å². The first kappa shape index (κ1) is 10.8. The second-order valence-electron chi connectivity index (χ2n) is 4.50. The fourth-order valence-corrected chi connectivity index (χ4v) is 2.16. The molecule has 18 heavy (non-hydrogen) atoms. The molecule has 0 unspecified atom stereocenters. The van der Waals surface area contributed by atoms with Gasteiger partial charge in [-0.3, -0.25) is 4.98 Å². The molecule has 3 rings (SSSR count). The number of aromatic nitrogens is 1. The van der Waals surface area contributed by atoms with Gasteiger partial charge in [0.05, 0.1) is 5.52 Å².